The van der Waals surface area contributed by atoms with Crippen LogP contribution < -0.4 is 0 Å². The molecule has 0 aromatic carbocycles. The van der Waals surface area contributed by atoms with Crippen LogP contribution in [0.3, 0.4) is 0 Å². The largest absolute Gasteiger partial charge is 0.459 e. The van der Waals surface area contributed by atoms with Gasteiger partial charge in [-0.3, -0.25) is 4.39 Å². The highest BCUT2D eigenvalue weighted by molar-refractivity contribution is 7.99. The fourth-order valence-corrected chi connectivity index (χ4v) is 1.16. The third-order valence-corrected chi connectivity index (χ3v) is 1.93. The zero-order valence-electron chi connectivity index (χ0n) is 7.53. The number of carbonyl (C=O) groups is 1. The second-order valence-electron chi connectivity index (χ2n) is 2.13. The topological polar surface area (TPSA) is 65.2 Å². The van der Waals surface area contributed by atoms with Crippen LogP contribution in [-0.2, 0) is 4.74 Å². The highest BCUT2D eigenvalue weighted by Crippen LogP contribution is 2.15. The number of hydrogen-bond donors (Lipinski definition) is 0. The van der Waals surface area contributed by atoms with Gasteiger partial charge in [0.25, 0.3) is 5.22 Å². The van der Waals surface area contributed by atoms with Crippen molar-refractivity contribution in [1.29, 1.82) is 0 Å². The molecule has 0 unspecified atom stereocenters. The van der Waals surface area contributed by atoms with Gasteiger partial charge in [-0.2, -0.15) is 0 Å². The van der Waals surface area contributed by atoms with Gasteiger partial charge >= 0.3 is 11.9 Å². The number of ether oxygens (including phenoxy) is 1. The molecule has 1 heterocycles. The second kappa shape index (κ2) is 5.58. The minimum atomic E-state index is -0.660. The molecule has 0 saturated carbocycles. The van der Waals surface area contributed by atoms with E-state index in [1.54, 1.807) is 6.92 Å². The predicted molar refractivity (Wildman–Crippen MR) is 47.0 cm³/mol. The number of carbonyl (C=O) groups excluding carboxylic acids is 1. The average Bonchev–Trinajstić information content (AvgIpc) is 2.63. The first-order chi connectivity index (χ1) is 6.77. The number of rotatable bonds is 5. The summed E-state index contributed by atoms with van der Waals surface area (Å²) in [5.74, 6) is -0.634. The lowest BCUT2D eigenvalue weighted by Gasteiger charge is -1.94. The van der Waals surface area contributed by atoms with Crippen molar-refractivity contribution in [3.8, 4) is 0 Å². The molecule has 0 spiro atoms. The lowest BCUT2D eigenvalue weighted by molar-refractivity contribution is 0.0475. The Bertz CT molecular complexity index is 305. The number of esters is 1. The number of hydrogen-bond acceptors (Lipinski definition) is 6. The molecule has 0 amide bonds. The van der Waals surface area contributed by atoms with Crippen molar-refractivity contribution in [2.24, 2.45) is 0 Å². The van der Waals surface area contributed by atoms with Crippen LogP contribution >= 0.6 is 11.8 Å². The molecule has 14 heavy (non-hydrogen) atoms. The van der Waals surface area contributed by atoms with Crippen molar-refractivity contribution in [2.45, 2.75) is 12.1 Å². The Hall–Kier alpha value is -1.11. The number of alkyl halides is 1. The van der Waals surface area contributed by atoms with Crippen molar-refractivity contribution in [3.63, 3.8) is 0 Å². The van der Waals surface area contributed by atoms with E-state index >= 15 is 0 Å². The maximum atomic E-state index is 11.8. The maximum Gasteiger partial charge on any atom is 0.396 e. The van der Waals surface area contributed by atoms with Gasteiger partial charge in [0.2, 0.25) is 0 Å². The minimum Gasteiger partial charge on any atom is -0.459 e. The Morgan fingerprint density at radius 3 is 3.07 bits per heavy atom. The molecule has 0 saturated heterocycles. The van der Waals surface area contributed by atoms with Crippen molar-refractivity contribution >= 4 is 17.7 Å². The van der Waals surface area contributed by atoms with Gasteiger partial charge in [0.1, 0.15) is 0 Å². The molecule has 5 nitrogen and oxygen atoms in total. The molecule has 0 aliphatic heterocycles. The summed E-state index contributed by atoms with van der Waals surface area (Å²) in [4.78, 5) is 11.0. The highest BCUT2D eigenvalue weighted by atomic mass is 32.2. The maximum absolute atomic E-state index is 11.8. The van der Waals surface area contributed by atoms with Crippen LogP contribution in [-0.4, -0.2) is 35.2 Å². The monoisotopic (exact) mass is 220 g/mol. The molecular formula is C7H9FN2O3S. The van der Waals surface area contributed by atoms with E-state index in [2.05, 4.69) is 14.9 Å². The Labute approximate surface area is 84.0 Å². The summed E-state index contributed by atoms with van der Waals surface area (Å²) in [5.41, 5.74) is 0. The summed E-state index contributed by atoms with van der Waals surface area (Å²) in [6.07, 6.45) is 0. The lowest BCUT2D eigenvalue weighted by Crippen LogP contribution is -2.04. The van der Waals surface area contributed by atoms with Crippen LogP contribution in [0.5, 0.6) is 0 Å². The molecule has 1 aromatic rings. The number of thioether (sulfide) groups is 1. The van der Waals surface area contributed by atoms with E-state index in [-0.39, 0.29) is 23.5 Å². The second-order valence-corrected chi connectivity index (χ2v) is 3.18. The van der Waals surface area contributed by atoms with Gasteiger partial charge in [-0.1, -0.05) is 16.9 Å². The average molecular weight is 220 g/mol. The summed E-state index contributed by atoms with van der Waals surface area (Å²) in [5, 5.41) is 7.16. The van der Waals surface area contributed by atoms with Gasteiger partial charge in [0.15, 0.2) is 0 Å². The van der Waals surface area contributed by atoms with Crippen molar-refractivity contribution in [1.82, 2.24) is 10.2 Å². The summed E-state index contributed by atoms with van der Waals surface area (Å²) in [6, 6.07) is 0. The standard InChI is InChI=1S/C7H9FN2O3S/c1-2-12-6(11)5-9-10-7(13-5)14-4-3-8/h2-4H2,1H3. The van der Waals surface area contributed by atoms with Gasteiger partial charge < -0.3 is 9.15 Å². The Kier molecular flexibility index (Phi) is 4.37. The molecule has 0 N–H and O–H groups in total. The molecule has 7 heteroatoms. The van der Waals surface area contributed by atoms with Crippen LogP contribution in [0.1, 0.15) is 17.6 Å². The molecule has 1 aromatic heterocycles. The molecule has 1 rings (SSSR count). The smallest absolute Gasteiger partial charge is 0.396 e. The molecule has 0 radical (unpaired) electrons. The quantitative estimate of drug-likeness (QED) is 0.550. The van der Waals surface area contributed by atoms with E-state index in [0.29, 0.717) is 0 Å². The fourth-order valence-electron chi connectivity index (χ4n) is 0.669. The molecule has 0 bridgehead atoms. The third kappa shape index (κ3) is 2.99. The Morgan fingerprint density at radius 2 is 2.43 bits per heavy atom. The minimum absolute atomic E-state index is 0.172. The van der Waals surface area contributed by atoms with E-state index in [1.165, 1.54) is 0 Å². The van der Waals surface area contributed by atoms with Crippen LogP contribution in [0.15, 0.2) is 9.64 Å². The lowest BCUT2D eigenvalue weighted by atomic mass is 10.7. The Balaban J connectivity index is 2.54. The van der Waals surface area contributed by atoms with Gasteiger partial charge in [-0.05, 0) is 6.92 Å². The van der Waals surface area contributed by atoms with Crippen molar-refractivity contribution in [2.75, 3.05) is 19.0 Å². The van der Waals surface area contributed by atoms with Gasteiger partial charge in [0.05, 0.1) is 13.3 Å². The fraction of sp³-hybridized carbons (Fsp3) is 0.571. The molecular weight excluding hydrogens is 211 g/mol. The summed E-state index contributed by atoms with van der Waals surface area (Å²) < 4.78 is 21.3. The summed E-state index contributed by atoms with van der Waals surface area (Å²) >= 11 is 1.05. The van der Waals surface area contributed by atoms with Crippen molar-refractivity contribution in [3.05, 3.63) is 5.89 Å². The highest BCUT2D eigenvalue weighted by Gasteiger charge is 2.15. The van der Waals surface area contributed by atoms with Gasteiger partial charge in [-0.25, -0.2) is 4.79 Å². The van der Waals surface area contributed by atoms with E-state index in [0.717, 1.165) is 11.8 Å². The zero-order valence-corrected chi connectivity index (χ0v) is 8.34. The molecule has 78 valence electrons. The normalized spacial score (nSPS) is 10.1. The Morgan fingerprint density at radius 1 is 1.64 bits per heavy atom. The first-order valence-corrected chi connectivity index (χ1v) is 4.96. The number of halogens is 1. The summed E-state index contributed by atoms with van der Waals surface area (Å²) in [7, 11) is 0. The van der Waals surface area contributed by atoms with Crippen molar-refractivity contribution < 1.29 is 18.3 Å². The van der Waals surface area contributed by atoms with Crippen LogP contribution in [0.2, 0.25) is 0 Å². The van der Waals surface area contributed by atoms with E-state index in [9.17, 15) is 9.18 Å². The van der Waals surface area contributed by atoms with E-state index < -0.39 is 12.6 Å². The predicted octanol–water partition coefficient (Wildman–Crippen LogP) is 1.31. The van der Waals surface area contributed by atoms with Gasteiger partial charge in [-0.15, -0.1) is 5.10 Å². The van der Waals surface area contributed by atoms with E-state index in [1.807, 2.05) is 0 Å². The first-order valence-electron chi connectivity index (χ1n) is 3.97. The summed E-state index contributed by atoms with van der Waals surface area (Å²) in [6.45, 7) is 1.43. The molecule has 0 fully saturated rings. The van der Waals surface area contributed by atoms with E-state index in [4.69, 9.17) is 4.42 Å². The SMILES string of the molecule is CCOC(=O)c1nnc(SCCF)o1. The van der Waals surface area contributed by atoms with Crippen LogP contribution in [0, 0.1) is 0 Å². The molecule has 0 aliphatic carbocycles. The number of aromatic nitrogens is 2. The first kappa shape index (κ1) is 11.0. The molecule has 0 atom stereocenters. The number of nitrogens with zero attached hydrogens (tertiary/aromatic N) is 2. The van der Waals surface area contributed by atoms with Gasteiger partial charge in [0, 0.05) is 5.75 Å². The zero-order chi connectivity index (χ0) is 10.4. The molecule has 0 aliphatic rings. The van der Waals surface area contributed by atoms with Crippen LogP contribution in [0.4, 0.5) is 4.39 Å². The van der Waals surface area contributed by atoms with Crippen LogP contribution in [0.25, 0.3) is 0 Å². The third-order valence-electron chi connectivity index (χ3n) is 1.16.